The maximum absolute atomic E-state index is 11.8. The molecular weight excluding hydrogens is 352 g/mol. The number of hydrogen-bond donors (Lipinski definition) is 2. The van der Waals surface area contributed by atoms with Crippen molar-refractivity contribution in [3.8, 4) is 17.2 Å². The Morgan fingerprint density at radius 1 is 0.923 bits per heavy atom. The zero-order valence-corrected chi connectivity index (χ0v) is 15.8. The van der Waals surface area contributed by atoms with E-state index in [0.29, 0.717) is 23.5 Å². The van der Waals surface area contributed by atoms with E-state index >= 15 is 0 Å². The van der Waals surface area contributed by atoms with E-state index in [9.17, 15) is 18.1 Å². The van der Waals surface area contributed by atoms with Crippen LogP contribution in [0.3, 0.4) is 0 Å². The lowest BCUT2D eigenvalue weighted by Gasteiger charge is -2.15. The molecule has 0 bridgehead atoms. The molecule has 2 aromatic carbocycles. The molecule has 0 spiro atoms. The largest absolute Gasteiger partial charge is 0.506 e. The van der Waals surface area contributed by atoms with Crippen LogP contribution in [0, 0.1) is 0 Å². The molecule has 0 atom stereocenters. The van der Waals surface area contributed by atoms with Crippen LogP contribution in [-0.2, 0) is 16.5 Å². The van der Waals surface area contributed by atoms with E-state index in [1.165, 1.54) is 18.6 Å². The number of benzene rings is 2. The predicted molar refractivity (Wildman–Crippen MR) is 102 cm³/mol. The zero-order chi connectivity index (χ0) is 19.0. The van der Waals surface area contributed by atoms with Gasteiger partial charge in [-0.1, -0.05) is 57.2 Å². The summed E-state index contributed by atoms with van der Waals surface area (Å²) in [5.41, 5.74) is 0.312. The van der Waals surface area contributed by atoms with Crippen LogP contribution in [0.25, 0.3) is 0 Å². The summed E-state index contributed by atoms with van der Waals surface area (Å²) >= 11 is 0. The Hall–Kier alpha value is -2.05. The number of para-hydroxylation sites is 1. The second-order valence-corrected chi connectivity index (χ2v) is 7.66. The molecule has 0 aliphatic rings. The average Bonchev–Trinajstić information content (AvgIpc) is 2.60. The van der Waals surface area contributed by atoms with E-state index in [4.69, 9.17) is 4.74 Å². The molecule has 0 saturated carbocycles. The summed E-state index contributed by atoms with van der Waals surface area (Å²) in [5, 5.41) is 10.00. The van der Waals surface area contributed by atoms with Gasteiger partial charge in [0.2, 0.25) is 0 Å². The van der Waals surface area contributed by atoms with Crippen LogP contribution in [0.2, 0.25) is 0 Å². The van der Waals surface area contributed by atoms with Crippen LogP contribution in [0.1, 0.15) is 51.0 Å². The monoisotopic (exact) mass is 378 g/mol. The molecule has 142 valence electrons. The van der Waals surface area contributed by atoms with E-state index < -0.39 is 20.8 Å². The van der Waals surface area contributed by atoms with Crippen LogP contribution in [0.15, 0.2) is 47.4 Å². The van der Waals surface area contributed by atoms with Gasteiger partial charge in [0.05, 0.1) is 0 Å². The first kappa shape index (κ1) is 20.3. The molecule has 5 nitrogen and oxygen atoms in total. The Balaban J connectivity index is 2.26. The van der Waals surface area contributed by atoms with Gasteiger partial charge in [0.15, 0.2) is 0 Å². The maximum Gasteiger partial charge on any atom is 0.298 e. The van der Waals surface area contributed by atoms with Gasteiger partial charge in [-0.2, -0.15) is 8.42 Å². The summed E-state index contributed by atoms with van der Waals surface area (Å²) in [6.07, 6.45) is 6.67. The molecule has 26 heavy (non-hydrogen) atoms. The lowest BCUT2D eigenvalue weighted by Crippen LogP contribution is -2.06. The van der Waals surface area contributed by atoms with Crippen molar-refractivity contribution in [2.75, 3.05) is 0 Å². The Bertz CT molecular complexity index is 800. The Morgan fingerprint density at radius 2 is 1.58 bits per heavy atom. The van der Waals surface area contributed by atoms with E-state index in [1.54, 1.807) is 12.1 Å². The first-order valence-corrected chi connectivity index (χ1v) is 10.4. The van der Waals surface area contributed by atoms with E-state index in [-0.39, 0.29) is 0 Å². The first-order valence-electron chi connectivity index (χ1n) is 8.98. The predicted octanol–water partition coefficient (Wildman–Crippen LogP) is 5.33. The number of rotatable bonds is 10. The minimum Gasteiger partial charge on any atom is -0.506 e. The molecule has 0 aromatic heterocycles. The van der Waals surface area contributed by atoms with Crippen LogP contribution < -0.4 is 4.74 Å². The number of phenols is 1. The summed E-state index contributed by atoms with van der Waals surface area (Å²) in [4.78, 5) is -0.459. The highest BCUT2D eigenvalue weighted by Crippen LogP contribution is 2.37. The van der Waals surface area contributed by atoms with Crippen molar-refractivity contribution >= 4 is 10.1 Å². The van der Waals surface area contributed by atoms with E-state index in [0.717, 1.165) is 32.1 Å². The van der Waals surface area contributed by atoms with Crippen molar-refractivity contribution in [3.63, 3.8) is 0 Å². The third-order valence-electron chi connectivity index (χ3n) is 4.21. The van der Waals surface area contributed by atoms with Gasteiger partial charge in [-0.15, -0.1) is 0 Å². The molecule has 0 aliphatic carbocycles. The van der Waals surface area contributed by atoms with Crippen molar-refractivity contribution in [2.45, 2.75) is 56.8 Å². The van der Waals surface area contributed by atoms with Gasteiger partial charge < -0.3 is 9.84 Å². The molecule has 2 rings (SSSR count). The standard InChI is InChI=1S/C20H26O5S/c1-2-3-4-5-6-10-13-17-19(25-16-11-8-7-9-12-16)15-14-18(21)20(17)26(22,23)24/h7-9,11-12,14-15,21H,2-6,10,13H2,1H3,(H,22,23,24). The molecule has 0 aliphatic heterocycles. The lowest BCUT2D eigenvalue weighted by molar-refractivity contribution is 0.428. The number of unbranched alkanes of at least 4 members (excludes halogenated alkanes) is 5. The fraction of sp³-hybridized carbons (Fsp3) is 0.400. The molecule has 0 unspecified atom stereocenters. The summed E-state index contributed by atoms with van der Waals surface area (Å²) in [5.74, 6) is 0.424. The molecule has 0 heterocycles. The van der Waals surface area contributed by atoms with Gasteiger partial charge >= 0.3 is 0 Å². The van der Waals surface area contributed by atoms with Gasteiger partial charge in [0.1, 0.15) is 22.1 Å². The first-order chi connectivity index (χ1) is 12.4. The summed E-state index contributed by atoms with van der Waals surface area (Å²) in [7, 11) is -4.56. The van der Waals surface area contributed by atoms with Gasteiger partial charge in [0.25, 0.3) is 10.1 Å². The molecular formula is C20H26O5S. The normalized spacial score (nSPS) is 11.5. The van der Waals surface area contributed by atoms with Gasteiger partial charge in [-0.25, -0.2) is 0 Å². The number of hydrogen-bond acceptors (Lipinski definition) is 4. The van der Waals surface area contributed by atoms with Crippen LogP contribution >= 0.6 is 0 Å². The van der Waals surface area contributed by atoms with E-state index in [2.05, 4.69) is 6.92 Å². The molecule has 0 radical (unpaired) electrons. The molecule has 0 amide bonds. The smallest absolute Gasteiger partial charge is 0.298 e. The lowest BCUT2D eigenvalue weighted by atomic mass is 10.0. The highest BCUT2D eigenvalue weighted by Gasteiger charge is 2.24. The minimum absolute atomic E-state index is 0.312. The van der Waals surface area contributed by atoms with Crippen LogP contribution in [0.5, 0.6) is 17.2 Å². The summed E-state index contributed by atoms with van der Waals surface area (Å²) < 4.78 is 39.0. The second-order valence-electron chi connectivity index (χ2n) is 6.30. The van der Waals surface area contributed by atoms with Crippen LogP contribution in [-0.4, -0.2) is 18.1 Å². The fourth-order valence-electron chi connectivity index (χ4n) is 2.92. The number of phenolic OH excluding ortho intramolecular Hbond substituents is 1. The highest BCUT2D eigenvalue weighted by molar-refractivity contribution is 7.86. The second kappa shape index (κ2) is 9.59. The molecule has 6 heteroatoms. The number of ether oxygens (including phenoxy) is 1. The third-order valence-corrected chi connectivity index (χ3v) is 5.18. The highest BCUT2D eigenvalue weighted by atomic mass is 32.2. The summed E-state index contributed by atoms with van der Waals surface area (Å²) in [6.45, 7) is 2.15. The average molecular weight is 378 g/mol. The van der Waals surface area contributed by atoms with Gasteiger partial charge in [0, 0.05) is 5.56 Å². The Morgan fingerprint density at radius 3 is 2.23 bits per heavy atom. The zero-order valence-electron chi connectivity index (χ0n) is 15.0. The summed E-state index contributed by atoms with van der Waals surface area (Å²) in [6, 6.07) is 11.8. The maximum atomic E-state index is 11.8. The Kier molecular flexibility index (Phi) is 7.48. The topological polar surface area (TPSA) is 83.8 Å². The Labute approximate surface area is 155 Å². The van der Waals surface area contributed by atoms with Gasteiger partial charge in [-0.05, 0) is 37.1 Å². The van der Waals surface area contributed by atoms with E-state index in [1.807, 2.05) is 18.2 Å². The fourth-order valence-corrected chi connectivity index (χ4v) is 3.76. The van der Waals surface area contributed by atoms with Crippen molar-refractivity contribution < 1.29 is 22.8 Å². The molecule has 2 N–H and O–H groups in total. The third kappa shape index (κ3) is 5.75. The molecule has 0 fully saturated rings. The van der Waals surface area contributed by atoms with Crippen LogP contribution in [0.4, 0.5) is 0 Å². The van der Waals surface area contributed by atoms with Crippen molar-refractivity contribution in [3.05, 3.63) is 48.0 Å². The van der Waals surface area contributed by atoms with Crippen molar-refractivity contribution in [2.24, 2.45) is 0 Å². The van der Waals surface area contributed by atoms with Crippen molar-refractivity contribution in [1.29, 1.82) is 0 Å². The van der Waals surface area contributed by atoms with Crippen molar-refractivity contribution in [1.82, 2.24) is 0 Å². The quantitative estimate of drug-likeness (QED) is 0.431. The molecule has 0 saturated heterocycles. The minimum atomic E-state index is -4.56. The SMILES string of the molecule is CCCCCCCCc1c(Oc2ccccc2)ccc(O)c1S(=O)(=O)O. The number of aromatic hydroxyl groups is 1. The van der Waals surface area contributed by atoms with Gasteiger partial charge in [-0.3, -0.25) is 4.55 Å². The molecule has 2 aromatic rings.